The van der Waals surface area contributed by atoms with Gasteiger partial charge in [-0.1, -0.05) is 12.1 Å². The number of para-hydroxylation sites is 2. The Labute approximate surface area is 182 Å². The van der Waals surface area contributed by atoms with Gasteiger partial charge in [-0.2, -0.15) is 5.10 Å². The molecule has 0 bridgehead atoms. The van der Waals surface area contributed by atoms with E-state index in [1.807, 2.05) is 5.43 Å². The van der Waals surface area contributed by atoms with Crippen molar-refractivity contribution in [3.63, 3.8) is 0 Å². The Bertz CT molecular complexity index is 1070. The highest BCUT2D eigenvalue weighted by atomic mass is 16.6. The molecular formula is C20H21N5O7. The summed E-state index contributed by atoms with van der Waals surface area (Å²) in [6, 6.07) is 8.73. The number of ketones is 1. The first-order valence-electron chi connectivity index (χ1n) is 9.25. The van der Waals surface area contributed by atoms with E-state index in [-0.39, 0.29) is 53.4 Å². The minimum atomic E-state index is -0.953. The Hall–Kier alpha value is -4.48. The van der Waals surface area contributed by atoms with E-state index in [0.717, 1.165) is 0 Å². The third kappa shape index (κ3) is 6.79. The van der Waals surface area contributed by atoms with Crippen molar-refractivity contribution in [1.82, 2.24) is 5.43 Å². The van der Waals surface area contributed by atoms with Gasteiger partial charge in [0.2, 0.25) is 5.91 Å². The summed E-state index contributed by atoms with van der Waals surface area (Å²) in [5.41, 5.74) is 7.17. The van der Waals surface area contributed by atoms with E-state index in [4.69, 9.17) is 10.5 Å². The topological polar surface area (TPSA) is 186 Å². The smallest absolute Gasteiger partial charge is 0.332 e. The van der Waals surface area contributed by atoms with Gasteiger partial charge in [0.25, 0.3) is 5.69 Å². The first kappa shape index (κ1) is 23.8. The predicted octanol–water partition coefficient (Wildman–Crippen LogP) is 2.32. The second-order valence-corrected chi connectivity index (χ2v) is 6.46. The van der Waals surface area contributed by atoms with E-state index in [9.17, 15) is 29.6 Å². The van der Waals surface area contributed by atoms with Crippen molar-refractivity contribution in [3.8, 4) is 11.5 Å². The van der Waals surface area contributed by atoms with Crippen LogP contribution in [0.2, 0.25) is 0 Å². The molecule has 0 aromatic heterocycles. The summed E-state index contributed by atoms with van der Waals surface area (Å²) in [7, 11) is 1.34. The molecule has 0 unspecified atom stereocenters. The molecule has 2 aromatic rings. The Morgan fingerprint density at radius 1 is 1.19 bits per heavy atom. The molecule has 2 aromatic carbocycles. The molecule has 168 valence electrons. The maximum Gasteiger partial charge on any atom is 0.332 e. The summed E-state index contributed by atoms with van der Waals surface area (Å²) in [6.07, 6.45) is -0.460. The van der Waals surface area contributed by atoms with E-state index >= 15 is 0 Å². The zero-order chi connectivity index (χ0) is 23.7. The van der Waals surface area contributed by atoms with Gasteiger partial charge in [0.1, 0.15) is 5.69 Å². The number of nitrogens with zero attached hydrogens (tertiary/aromatic N) is 2. The largest absolute Gasteiger partial charge is 0.504 e. The lowest BCUT2D eigenvalue weighted by Gasteiger charge is -2.09. The molecule has 0 radical (unpaired) electrons. The van der Waals surface area contributed by atoms with Crippen LogP contribution in [0.25, 0.3) is 0 Å². The average Bonchev–Trinajstić information content (AvgIpc) is 2.75. The SMILES string of the molecule is COc1cc(C(=O)C/C(CCC(=O)Nc2ccccc2[N+](=O)[O-])=N\NC(N)=O)ccc1O. The first-order valence-corrected chi connectivity index (χ1v) is 9.25. The Morgan fingerprint density at radius 2 is 1.91 bits per heavy atom. The summed E-state index contributed by atoms with van der Waals surface area (Å²) in [4.78, 5) is 46.3. The monoisotopic (exact) mass is 443 g/mol. The molecule has 0 aliphatic rings. The fraction of sp³-hybridized carbons (Fsp3) is 0.200. The molecule has 0 heterocycles. The number of benzene rings is 2. The molecule has 12 nitrogen and oxygen atoms in total. The van der Waals surface area contributed by atoms with Gasteiger partial charge >= 0.3 is 6.03 Å². The number of phenolic OH excluding ortho intramolecular Hbond substituents is 1. The lowest BCUT2D eigenvalue weighted by Crippen LogP contribution is -2.26. The normalized spacial score (nSPS) is 10.8. The zero-order valence-electron chi connectivity index (χ0n) is 17.0. The molecule has 32 heavy (non-hydrogen) atoms. The molecule has 0 aliphatic carbocycles. The molecule has 0 saturated heterocycles. The number of nitrogens with two attached hydrogens (primary N) is 1. The molecule has 2 rings (SSSR count). The quantitative estimate of drug-likeness (QED) is 0.188. The van der Waals surface area contributed by atoms with E-state index in [2.05, 4.69) is 10.4 Å². The molecular weight excluding hydrogens is 422 g/mol. The fourth-order valence-electron chi connectivity index (χ4n) is 2.67. The van der Waals surface area contributed by atoms with Gasteiger partial charge in [-0.15, -0.1) is 0 Å². The Balaban J connectivity index is 2.09. The third-order valence-corrected chi connectivity index (χ3v) is 4.21. The molecule has 3 amide bonds. The van der Waals surface area contributed by atoms with Crippen LogP contribution in [-0.4, -0.2) is 40.6 Å². The number of hydrogen-bond acceptors (Lipinski definition) is 8. The predicted molar refractivity (Wildman–Crippen MR) is 115 cm³/mol. The maximum atomic E-state index is 12.6. The number of urea groups is 1. The van der Waals surface area contributed by atoms with Crippen LogP contribution >= 0.6 is 0 Å². The number of Topliss-reactive ketones (excluding diaryl/α,β-unsaturated/α-hetero) is 1. The second kappa shape index (κ2) is 11.1. The summed E-state index contributed by atoms with van der Waals surface area (Å²) >= 11 is 0. The lowest BCUT2D eigenvalue weighted by molar-refractivity contribution is -0.383. The molecule has 0 spiro atoms. The van der Waals surface area contributed by atoms with Crippen LogP contribution in [-0.2, 0) is 4.79 Å². The minimum absolute atomic E-state index is 0.0310. The number of hydrogen-bond donors (Lipinski definition) is 4. The lowest BCUT2D eigenvalue weighted by atomic mass is 10.0. The second-order valence-electron chi connectivity index (χ2n) is 6.46. The van der Waals surface area contributed by atoms with Crippen molar-refractivity contribution in [2.24, 2.45) is 10.8 Å². The van der Waals surface area contributed by atoms with Gasteiger partial charge in [0, 0.05) is 23.8 Å². The van der Waals surface area contributed by atoms with Crippen molar-refractivity contribution in [3.05, 3.63) is 58.1 Å². The van der Waals surface area contributed by atoms with Crippen molar-refractivity contribution in [2.75, 3.05) is 12.4 Å². The molecule has 5 N–H and O–H groups in total. The highest BCUT2D eigenvalue weighted by molar-refractivity contribution is 6.10. The van der Waals surface area contributed by atoms with Crippen LogP contribution in [0.4, 0.5) is 16.2 Å². The molecule has 0 saturated carbocycles. The summed E-state index contributed by atoms with van der Waals surface area (Å²) < 4.78 is 4.97. The number of rotatable bonds is 10. The van der Waals surface area contributed by atoms with E-state index in [0.29, 0.717) is 0 Å². The number of primary amides is 1. The van der Waals surface area contributed by atoms with Gasteiger partial charge in [-0.05, 0) is 30.7 Å². The summed E-state index contributed by atoms with van der Waals surface area (Å²) in [5, 5.41) is 26.9. The summed E-state index contributed by atoms with van der Waals surface area (Å²) in [5.74, 6) is -0.995. The number of hydrazone groups is 1. The Morgan fingerprint density at radius 3 is 2.56 bits per heavy atom. The van der Waals surface area contributed by atoms with Crippen molar-refractivity contribution < 1.29 is 29.2 Å². The van der Waals surface area contributed by atoms with Crippen LogP contribution in [0.5, 0.6) is 11.5 Å². The van der Waals surface area contributed by atoms with Gasteiger partial charge in [0.05, 0.1) is 18.5 Å². The maximum absolute atomic E-state index is 12.6. The van der Waals surface area contributed by atoms with Crippen molar-refractivity contribution >= 4 is 34.8 Å². The van der Waals surface area contributed by atoms with Crippen molar-refractivity contribution in [1.29, 1.82) is 0 Å². The highest BCUT2D eigenvalue weighted by Crippen LogP contribution is 2.27. The number of methoxy groups -OCH3 is 1. The number of ether oxygens (including phenoxy) is 1. The number of nitro benzene ring substituents is 1. The van der Waals surface area contributed by atoms with Crippen LogP contribution < -0.4 is 21.2 Å². The summed E-state index contributed by atoms with van der Waals surface area (Å²) in [6.45, 7) is 0. The highest BCUT2D eigenvalue weighted by Gasteiger charge is 2.17. The average molecular weight is 443 g/mol. The van der Waals surface area contributed by atoms with Crippen molar-refractivity contribution in [2.45, 2.75) is 19.3 Å². The number of carbonyl (C=O) groups excluding carboxylic acids is 3. The third-order valence-electron chi connectivity index (χ3n) is 4.21. The van der Waals surface area contributed by atoms with E-state index < -0.39 is 22.6 Å². The number of phenols is 1. The number of amides is 3. The number of nitro groups is 1. The molecule has 0 atom stereocenters. The van der Waals surface area contributed by atoms with Gasteiger partial charge < -0.3 is 20.9 Å². The number of nitrogens with one attached hydrogen (secondary N) is 2. The van der Waals surface area contributed by atoms with Crippen LogP contribution in [0.3, 0.4) is 0 Å². The number of aromatic hydroxyl groups is 1. The fourth-order valence-corrected chi connectivity index (χ4v) is 2.67. The minimum Gasteiger partial charge on any atom is -0.504 e. The van der Waals surface area contributed by atoms with Crippen LogP contribution in [0.1, 0.15) is 29.6 Å². The standard InChI is InChI=1S/C20H21N5O7/c1-32-18-10-12(6-8-16(18)26)17(27)11-13(23-24-20(21)29)7-9-19(28)22-14-4-2-3-5-15(14)25(30)31/h2-6,8,10,26H,7,9,11H2,1H3,(H,22,28)(H3,21,24,29)/b23-13-. The van der Waals surface area contributed by atoms with E-state index in [1.54, 1.807) is 0 Å². The van der Waals surface area contributed by atoms with E-state index in [1.165, 1.54) is 49.6 Å². The Kier molecular flexibility index (Phi) is 8.22. The van der Waals surface area contributed by atoms with Gasteiger partial charge in [0.15, 0.2) is 17.3 Å². The molecule has 0 fully saturated rings. The number of carbonyl (C=O) groups is 3. The van der Waals surface area contributed by atoms with Gasteiger partial charge in [-0.3, -0.25) is 19.7 Å². The van der Waals surface area contributed by atoms with Gasteiger partial charge in [-0.25, -0.2) is 10.2 Å². The molecule has 0 aliphatic heterocycles. The number of anilines is 1. The first-order chi connectivity index (χ1) is 15.2. The molecule has 12 heteroatoms. The van der Waals surface area contributed by atoms with Crippen LogP contribution in [0, 0.1) is 10.1 Å². The zero-order valence-corrected chi connectivity index (χ0v) is 17.0. The van der Waals surface area contributed by atoms with Crippen LogP contribution in [0.15, 0.2) is 47.6 Å².